The van der Waals surface area contributed by atoms with Gasteiger partial charge in [-0.3, -0.25) is 10.1 Å². The molecule has 16 heavy (non-hydrogen) atoms. The molecule has 0 spiro atoms. The van der Waals surface area contributed by atoms with Crippen molar-refractivity contribution in [3.8, 4) is 0 Å². The Morgan fingerprint density at radius 2 is 2.00 bits per heavy atom. The molecule has 0 aliphatic carbocycles. The standard InChI is InChI=1S/C8H5N5O2S/c14-13(15)6-3-10-8(11-4-6)16-7-1-2-9-5-12-7/h1-5H. The van der Waals surface area contributed by atoms with Gasteiger partial charge in [-0.2, -0.15) is 0 Å². The molecule has 7 nitrogen and oxygen atoms in total. The minimum atomic E-state index is -0.543. The first-order chi connectivity index (χ1) is 7.75. The Morgan fingerprint density at radius 3 is 2.56 bits per heavy atom. The quantitative estimate of drug-likeness (QED) is 0.342. The molecular weight excluding hydrogens is 230 g/mol. The van der Waals surface area contributed by atoms with Crippen molar-refractivity contribution in [2.45, 2.75) is 10.2 Å². The van der Waals surface area contributed by atoms with Gasteiger partial charge in [0, 0.05) is 6.20 Å². The van der Waals surface area contributed by atoms with Crippen LogP contribution in [0.1, 0.15) is 0 Å². The van der Waals surface area contributed by atoms with E-state index in [9.17, 15) is 10.1 Å². The Kier molecular flexibility index (Phi) is 3.01. The fraction of sp³-hybridized carbons (Fsp3) is 0. The fourth-order valence-corrected chi connectivity index (χ4v) is 1.52. The summed E-state index contributed by atoms with van der Waals surface area (Å²) in [5, 5.41) is 11.5. The van der Waals surface area contributed by atoms with Crippen LogP contribution in [0.3, 0.4) is 0 Å². The zero-order valence-electron chi connectivity index (χ0n) is 7.85. The Bertz CT molecular complexity index is 490. The van der Waals surface area contributed by atoms with Gasteiger partial charge in [0.2, 0.25) is 0 Å². The summed E-state index contributed by atoms with van der Waals surface area (Å²) in [7, 11) is 0. The lowest BCUT2D eigenvalue weighted by Crippen LogP contribution is -1.92. The van der Waals surface area contributed by atoms with Crippen LogP contribution in [0.25, 0.3) is 0 Å². The SMILES string of the molecule is O=[N+]([O-])c1cnc(Sc2ccncn2)nc1. The number of aromatic nitrogens is 4. The molecule has 0 aromatic carbocycles. The highest BCUT2D eigenvalue weighted by Crippen LogP contribution is 2.21. The van der Waals surface area contributed by atoms with Gasteiger partial charge in [0.25, 0.3) is 0 Å². The van der Waals surface area contributed by atoms with E-state index in [4.69, 9.17) is 0 Å². The molecule has 0 saturated carbocycles. The van der Waals surface area contributed by atoms with Crippen LogP contribution < -0.4 is 0 Å². The summed E-state index contributed by atoms with van der Waals surface area (Å²) >= 11 is 1.21. The van der Waals surface area contributed by atoms with Crippen molar-refractivity contribution in [3.63, 3.8) is 0 Å². The maximum Gasteiger partial charge on any atom is 0.305 e. The Labute approximate surface area is 94.1 Å². The molecule has 0 bridgehead atoms. The maximum absolute atomic E-state index is 10.4. The van der Waals surface area contributed by atoms with Gasteiger partial charge in [-0.15, -0.1) is 0 Å². The summed E-state index contributed by atoms with van der Waals surface area (Å²) in [5.41, 5.74) is -0.132. The number of hydrogen-bond acceptors (Lipinski definition) is 7. The molecule has 0 aliphatic heterocycles. The molecule has 2 aromatic heterocycles. The summed E-state index contributed by atoms with van der Waals surface area (Å²) in [4.78, 5) is 25.3. The predicted octanol–water partition coefficient (Wildman–Crippen LogP) is 1.33. The maximum atomic E-state index is 10.4. The van der Waals surface area contributed by atoms with Crippen LogP contribution in [0.2, 0.25) is 0 Å². The van der Waals surface area contributed by atoms with Gasteiger partial charge in [-0.1, -0.05) is 0 Å². The molecule has 2 rings (SSSR count). The molecule has 2 heterocycles. The van der Waals surface area contributed by atoms with E-state index in [0.29, 0.717) is 10.2 Å². The average molecular weight is 235 g/mol. The third-order valence-electron chi connectivity index (χ3n) is 1.58. The lowest BCUT2D eigenvalue weighted by Gasteiger charge is -1.97. The summed E-state index contributed by atoms with van der Waals surface area (Å²) in [6, 6.07) is 1.70. The topological polar surface area (TPSA) is 94.7 Å². The summed E-state index contributed by atoms with van der Waals surface area (Å²) in [6.07, 6.45) is 5.33. The molecule has 0 unspecified atom stereocenters. The molecule has 0 atom stereocenters. The van der Waals surface area contributed by atoms with Gasteiger partial charge < -0.3 is 0 Å². The summed E-state index contributed by atoms with van der Waals surface area (Å²) in [5.74, 6) is 0. The molecule has 0 aliphatic rings. The van der Waals surface area contributed by atoms with Crippen LogP contribution in [0.4, 0.5) is 5.69 Å². The first-order valence-corrected chi connectivity index (χ1v) is 4.97. The third-order valence-corrected chi connectivity index (χ3v) is 2.42. The smallest absolute Gasteiger partial charge is 0.258 e. The van der Waals surface area contributed by atoms with Crippen LogP contribution >= 0.6 is 11.8 Å². The second-order valence-electron chi connectivity index (χ2n) is 2.63. The van der Waals surface area contributed by atoms with E-state index in [0.717, 1.165) is 12.4 Å². The lowest BCUT2D eigenvalue weighted by atomic mass is 10.6. The van der Waals surface area contributed by atoms with Crippen LogP contribution in [0.5, 0.6) is 0 Å². The van der Waals surface area contributed by atoms with Crippen molar-refractivity contribution in [3.05, 3.63) is 41.1 Å². The minimum Gasteiger partial charge on any atom is -0.258 e. The number of hydrogen-bond donors (Lipinski definition) is 0. The molecule has 0 saturated heterocycles. The Morgan fingerprint density at radius 1 is 1.25 bits per heavy atom. The lowest BCUT2D eigenvalue weighted by molar-refractivity contribution is -0.385. The monoisotopic (exact) mass is 235 g/mol. The fourth-order valence-electron chi connectivity index (χ4n) is 0.889. The molecule has 8 heteroatoms. The van der Waals surface area contributed by atoms with Crippen molar-refractivity contribution in [2.75, 3.05) is 0 Å². The minimum absolute atomic E-state index is 0.132. The number of rotatable bonds is 3. The van der Waals surface area contributed by atoms with Gasteiger partial charge >= 0.3 is 5.69 Å². The van der Waals surface area contributed by atoms with E-state index in [-0.39, 0.29) is 5.69 Å². The molecule has 0 amide bonds. The van der Waals surface area contributed by atoms with Gasteiger partial charge in [-0.05, 0) is 17.8 Å². The van der Waals surface area contributed by atoms with E-state index in [1.54, 1.807) is 12.3 Å². The third kappa shape index (κ3) is 2.48. The molecule has 2 aromatic rings. The summed E-state index contributed by atoms with van der Waals surface area (Å²) in [6.45, 7) is 0. The Hall–Kier alpha value is -2.09. The van der Waals surface area contributed by atoms with Gasteiger partial charge in [0.1, 0.15) is 23.7 Å². The van der Waals surface area contributed by atoms with Gasteiger partial charge in [0.05, 0.1) is 4.92 Å². The van der Waals surface area contributed by atoms with E-state index in [2.05, 4.69) is 19.9 Å². The first-order valence-electron chi connectivity index (χ1n) is 4.16. The van der Waals surface area contributed by atoms with Gasteiger partial charge in [-0.25, -0.2) is 19.9 Å². The van der Waals surface area contributed by atoms with E-state index >= 15 is 0 Å². The molecule has 0 fully saturated rings. The molecule has 80 valence electrons. The molecule has 0 radical (unpaired) electrons. The van der Waals surface area contributed by atoms with Crippen molar-refractivity contribution in [1.82, 2.24) is 19.9 Å². The number of nitrogens with zero attached hydrogens (tertiary/aromatic N) is 5. The van der Waals surface area contributed by atoms with Crippen molar-refractivity contribution in [2.24, 2.45) is 0 Å². The predicted molar refractivity (Wildman–Crippen MR) is 54.8 cm³/mol. The highest BCUT2D eigenvalue weighted by molar-refractivity contribution is 7.99. The van der Waals surface area contributed by atoms with Crippen LogP contribution in [-0.4, -0.2) is 24.9 Å². The highest BCUT2D eigenvalue weighted by atomic mass is 32.2. The Balaban J connectivity index is 2.14. The second kappa shape index (κ2) is 4.62. The largest absolute Gasteiger partial charge is 0.305 e. The molecular formula is C8H5N5O2S. The van der Waals surface area contributed by atoms with Crippen LogP contribution in [0.15, 0.2) is 41.2 Å². The zero-order valence-corrected chi connectivity index (χ0v) is 8.66. The van der Waals surface area contributed by atoms with E-state index < -0.39 is 4.92 Å². The second-order valence-corrected chi connectivity index (χ2v) is 3.62. The van der Waals surface area contributed by atoms with E-state index in [1.165, 1.54) is 18.1 Å². The first kappa shape index (κ1) is 10.4. The zero-order chi connectivity index (χ0) is 11.4. The highest BCUT2D eigenvalue weighted by Gasteiger charge is 2.07. The molecule has 0 N–H and O–H groups in total. The summed E-state index contributed by atoms with van der Waals surface area (Å²) < 4.78 is 0. The van der Waals surface area contributed by atoms with Crippen molar-refractivity contribution < 1.29 is 4.92 Å². The normalized spacial score (nSPS) is 10.0. The average Bonchev–Trinajstić information content (AvgIpc) is 2.31. The van der Waals surface area contributed by atoms with Crippen molar-refractivity contribution in [1.29, 1.82) is 0 Å². The van der Waals surface area contributed by atoms with Crippen LogP contribution in [0, 0.1) is 10.1 Å². The van der Waals surface area contributed by atoms with Gasteiger partial charge in [0.15, 0.2) is 5.16 Å². The van der Waals surface area contributed by atoms with Crippen molar-refractivity contribution >= 4 is 17.4 Å². The van der Waals surface area contributed by atoms with E-state index in [1.807, 2.05) is 0 Å². The number of nitro groups is 1. The van der Waals surface area contributed by atoms with Crippen LogP contribution in [-0.2, 0) is 0 Å².